The molecule has 0 atom stereocenters. The molecule has 0 aliphatic rings. The van der Waals surface area contributed by atoms with Crippen molar-refractivity contribution in [2.75, 3.05) is 12.4 Å². The van der Waals surface area contributed by atoms with Gasteiger partial charge in [0.2, 0.25) is 10.0 Å². The van der Waals surface area contributed by atoms with Gasteiger partial charge in [0.25, 0.3) is 5.69 Å². The Labute approximate surface area is 159 Å². The molecule has 0 saturated carbocycles. The Morgan fingerprint density at radius 1 is 1.15 bits per heavy atom. The molecule has 11 heteroatoms. The standard InChI is InChI=1S/C16H15N5O4S2/c1-17-27(24,25)12-7-8-13(14(9-12)21(22)23)18-10-15-19-20-16(26-15)11-5-3-2-4-6-11/h2-9,17-18H,10H2,1H3. The van der Waals surface area contributed by atoms with Crippen molar-refractivity contribution in [1.29, 1.82) is 0 Å². The van der Waals surface area contributed by atoms with Gasteiger partial charge in [-0.05, 0) is 19.2 Å². The van der Waals surface area contributed by atoms with Gasteiger partial charge in [0, 0.05) is 11.6 Å². The minimum atomic E-state index is -3.77. The van der Waals surface area contributed by atoms with Crippen molar-refractivity contribution in [2.24, 2.45) is 0 Å². The smallest absolute Gasteiger partial charge is 0.293 e. The molecule has 140 valence electrons. The number of nitro benzene ring substituents is 1. The van der Waals surface area contributed by atoms with E-state index >= 15 is 0 Å². The van der Waals surface area contributed by atoms with E-state index in [1.54, 1.807) is 0 Å². The lowest BCUT2D eigenvalue weighted by Crippen LogP contribution is -2.18. The lowest BCUT2D eigenvalue weighted by Gasteiger charge is -2.07. The van der Waals surface area contributed by atoms with E-state index in [-0.39, 0.29) is 22.8 Å². The largest absolute Gasteiger partial charge is 0.373 e. The number of rotatable bonds is 7. The number of anilines is 1. The molecular formula is C16H15N5O4S2. The maximum atomic E-state index is 11.8. The molecule has 1 heterocycles. The number of benzene rings is 2. The second-order valence-electron chi connectivity index (χ2n) is 5.36. The lowest BCUT2D eigenvalue weighted by molar-refractivity contribution is -0.384. The van der Waals surface area contributed by atoms with E-state index in [0.717, 1.165) is 16.6 Å². The number of hydrogen-bond acceptors (Lipinski definition) is 8. The summed E-state index contributed by atoms with van der Waals surface area (Å²) in [6, 6.07) is 13.2. The van der Waals surface area contributed by atoms with Gasteiger partial charge in [-0.15, -0.1) is 10.2 Å². The summed E-state index contributed by atoms with van der Waals surface area (Å²) in [6.45, 7) is 0.226. The van der Waals surface area contributed by atoms with Crippen molar-refractivity contribution in [3.63, 3.8) is 0 Å². The van der Waals surface area contributed by atoms with E-state index in [9.17, 15) is 18.5 Å². The summed E-state index contributed by atoms with van der Waals surface area (Å²) < 4.78 is 25.8. The van der Waals surface area contributed by atoms with Crippen LogP contribution in [0, 0.1) is 10.1 Å². The van der Waals surface area contributed by atoms with Gasteiger partial charge in [0.05, 0.1) is 16.4 Å². The van der Waals surface area contributed by atoms with Crippen molar-refractivity contribution >= 4 is 32.7 Å². The third-order valence-corrected chi connectivity index (χ3v) is 6.05. The normalized spacial score (nSPS) is 11.3. The number of nitrogens with one attached hydrogen (secondary N) is 2. The van der Waals surface area contributed by atoms with Crippen molar-refractivity contribution in [3.05, 3.63) is 63.7 Å². The number of aromatic nitrogens is 2. The van der Waals surface area contributed by atoms with Crippen LogP contribution in [0.3, 0.4) is 0 Å². The molecule has 0 fully saturated rings. The topological polar surface area (TPSA) is 127 Å². The summed E-state index contributed by atoms with van der Waals surface area (Å²) in [5, 5.41) is 23.8. The Kier molecular flexibility index (Phi) is 5.44. The summed E-state index contributed by atoms with van der Waals surface area (Å²) in [6.07, 6.45) is 0. The minimum Gasteiger partial charge on any atom is -0.373 e. The molecule has 0 aliphatic heterocycles. The van der Waals surface area contributed by atoms with Gasteiger partial charge >= 0.3 is 0 Å². The molecule has 3 aromatic rings. The van der Waals surface area contributed by atoms with Gasteiger partial charge < -0.3 is 5.32 Å². The summed E-state index contributed by atoms with van der Waals surface area (Å²) in [5.74, 6) is 0. The van der Waals surface area contributed by atoms with Crippen molar-refractivity contribution in [1.82, 2.24) is 14.9 Å². The van der Waals surface area contributed by atoms with Crippen LogP contribution in [0.5, 0.6) is 0 Å². The molecule has 9 nitrogen and oxygen atoms in total. The van der Waals surface area contributed by atoms with Crippen LogP contribution in [-0.4, -0.2) is 30.6 Å². The van der Waals surface area contributed by atoms with Crippen LogP contribution >= 0.6 is 11.3 Å². The van der Waals surface area contributed by atoms with Gasteiger partial charge in [-0.1, -0.05) is 41.7 Å². The maximum absolute atomic E-state index is 11.8. The highest BCUT2D eigenvalue weighted by atomic mass is 32.2. The Hall–Kier alpha value is -2.89. The Balaban J connectivity index is 1.80. The molecule has 0 radical (unpaired) electrons. The molecule has 2 N–H and O–H groups in total. The van der Waals surface area contributed by atoms with Crippen LogP contribution in [0.25, 0.3) is 10.6 Å². The Morgan fingerprint density at radius 2 is 1.89 bits per heavy atom. The fourth-order valence-electron chi connectivity index (χ4n) is 2.29. The highest BCUT2D eigenvalue weighted by Gasteiger charge is 2.20. The summed E-state index contributed by atoms with van der Waals surface area (Å²) in [4.78, 5) is 10.5. The van der Waals surface area contributed by atoms with Crippen molar-refractivity contribution in [2.45, 2.75) is 11.4 Å². The van der Waals surface area contributed by atoms with Crippen LogP contribution in [0.2, 0.25) is 0 Å². The van der Waals surface area contributed by atoms with E-state index in [4.69, 9.17) is 0 Å². The molecule has 1 aromatic heterocycles. The number of nitro groups is 1. The quantitative estimate of drug-likeness (QED) is 0.457. The Morgan fingerprint density at radius 3 is 2.56 bits per heavy atom. The van der Waals surface area contributed by atoms with Crippen LogP contribution in [0.4, 0.5) is 11.4 Å². The third kappa shape index (κ3) is 4.27. The van der Waals surface area contributed by atoms with Crippen LogP contribution in [-0.2, 0) is 16.6 Å². The van der Waals surface area contributed by atoms with E-state index in [1.165, 1.54) is 30.5 Å². The highest BCUT2D eigenvalue weighted by molar-refractivity contribution is 7.89. The number of nitrogens with zero attached hydrogens (tertiary/aromatic N) is 3. The molecule has 3 rings (SSSR count). The summed E-state index contributed by atoms with van der Waals surface area (Å²) in [5.41, 5.74) is 0.805. The van der Waals surface area contributed by atoms with Gasteiger partial charge in [-0.25, -0.2) is 13.1 Å². The fraction of sp³-hybridized carbons (Fsp3) is 0.125. The van der Waals surface area contributed by atoms with Gasteiger partial charge in [-0.2, -0.15) is 0 Å². The second kappa shape index (κ2) is 7.78. The first-order valence-electron chi connectivity index (χ1n) is 7.74. The second-order valence-corrected chi connectivity index (χ2v) is 8.31. The minimum absolute atomic E-state index is 0.176. The molecule has 0 unspecified atom stereocenters. The average molecular weight is 405 g/mol. The summed E-state index contributed by atoms with van der Waals surface area (Å²) >= 11 is 1.37. The van der Waals surface area contributed by atoms with Crippen LogP contribution < -0.4 is 10.0 Å². The van der Waals surface area contributed by atoms with Gasteiger partial charge in [0.15, 0.2) is 0 Å². The predicted molar refractivity (Wildman–Crippen MR) is 102 cm³/mol. The summed E-state index contributed by atoms with van der Waals surface area (Å²) in [7, 11) is -2.52. The fourth-order valence-corrected chi connectivity index (χ4v) is 3.82. The van der Waals surface area contributed by atoms with Crippen molar-refractivity contribution in [3.8, 4) is 10.6 Å². The van der Waals surface area contributed by atoms with E-state index in [1.807, 2.05) is 30.3 Å². The molecule has 2 aromatic carbocycles. The maximum Gasteiger partial charge on any atom is 0.293 e. The average Bonchev–Trinajstić information content (AvgIpc) is 3.16. The van der Waals surface area contributed by atoms with E-state index in [0.29, 0.717) is 5.01 Å². The van der Waals surface area contributed by atoms with Gasteiger partial charge in [0.1, 0.15) is 15.7 Å². The zero-order valence-electron chi connectivity index (χ0n) is 14.1. The van der Waals surface area contributed by atoms with Crippen LogP contribution in [0.15, 0.2) is 53.4 Å². The molecule has 0 aliphatic carbocycles. The molecule has 0 bridgehead atoms. The first kappa shape index (κ1) is 18.9. The molecule has 0 saturated heterocycles. The SMILES string of the molecule is CNS(=O)(=O)c1ccc(NCc2nnc(-c3ccccc3)s2)c([N+](=O)[O-])c1. The monoisotopic (exact) mass is 405 g/mol. The van der Waals surface area contributed by atoms with E-state index < -0.39 is 14.9 Å². The highest BCUT2D eigenvalue weighted by Crippen LogP contribution is 2.29. The van der Waals surface area contributed by atoms with Gasteiger partial charge in [-0.3, -0.25) is 10.1 Å². The first-order chi connectivity index (χ1) is 12.9. The first-order valence-corrected chi connectivity index (χ1v) is 10.0. The lowest BCUT2D eigenvalue weighted by atomic mass is 10.2. The molecule has 27 heavy (non-hydrogen) atoms. The molecular weight excluding hydrogens is 390 g/mol. The Bertz CT molecular complexity index is 1070. The van der Waals surface area contributed by atoms with E-state index in [2.05, 4.69) is 20.2 Å². The molecule has 0 amide bonds. The van der Waals surface area contributed by atoms with Crippen molar-refractivity contribution < 1.29 is 13.3 Å². The third-order valence-electron chi connectivity index (χ3n) is 3.66. The predicted octanol–water partition coefficient (Wildman–Crippen LogP) is 2.63. The molecule has 0 spiro atoms. The zero-order chi connectivity index (χ0) is 19.4. The van der Waals surface area contributed by atoms with Crippen LogP contribution in [0.1, 0.15) is 5.01 Å². The number of hydrogen-bond donors (Lipinski definition) is 2. The number of sulfonamides is 1. The zero-order valence-corrected chi connectivity index (χ0v) is 15.8.